The van der Waals surface area contributed by atoms with E-state index in [1.807, 2.05) is 54.7 Å². The molecule has 3 rings (SSSR count). The van der Waals surface area contributed by atoms with Crippen LogP contribution in [0.2, 0.25) is 5.02 Å². The summed E-state index contributed by atoms with van der Waals surface area (Å²) in [5, 5.41) is 15.3. The minimum Gasteiger partial charge on any atom is -0.387 e. The van der Waals surface area contributed by atoms with Gasteiger partial charge >= 0.3 is 0 Å². The second-order valence-electron chi connectivity index (χ2n) is 5.38. The van der Waals surface area contributed by atoms with Crippen LogP contribution in [0.3, 0.4) is 0 Å². The monoisotopic (exact) mass is 314 g/mol. The highest BCUT2D eigenvalue weighted by Crippen LogP contribution is 2.22. The van der Waals surface area contributed by atoms with Gasteiger partial charge in [0.1, 0.15) is 0 Å². The van der Waals surface area contributed by atoms with Gasteiger partial charge < -0.3 is 15.4 Å². The summed E-state index contributed by atoms with van der Waals surface area (Å²) in [7, 11) is 0. The molecule has 2 aromatic carbocycles. The highest BCUT2D eigenvalue weighted by atomic mass is 35.5. The molecule has 0 saturated carbocycles. The highest BCUT2D eigenvalue weighted by molar-refractivity contribution is 6.31. The van der Waals surface area contributed by atoms with Crippen LogP contribution in [-0.2, 0) is 6.42 Å². The van der Waals surface area contributed by atoms with Gasteiger partial charge in [0.15, 0.2) is 0 Å². The molecular weight excluding hydrogens is 296 g/mol. The molecule has 0 saturated heterocycles. The van der Waals surface area contributed by atoms with Crippen molar-refractivity contribution in [3.05, 3.63) is 70.9 Å². The van der Waals surface area contributed by atoms with E-state index in [0.717, 1.165) is 34.5 Å². The number of aromatic nitrogens is 1. The molecule has 1 atom stereocenters. The predicted molar refractivity (Wildman–Crippen MR) is 91.3 cm³/mol. The van der Waals surface area contributed by atoms with Crippen molar-refractivity contribution in [2.45, 2.75) is 12.5 Å². The van der Waals surface area contributed by atoms with Crippen LogP contribution in [0.25, 0.3) is 10.9 Å². The average molecular weight is 315 g/mol. The van der Waals surface area contributed by atoms with Gasteiger partial charge in [-0.3, -0.25) is 0 Å². The SMILES string of the molecule is OC(CNCCc1c[nH]c2ccc(Cl)cc12)c1ccccc1. The lowest BCUT2D eigenvalue weighted by Crippen LogP contribution is -2.23. The lowest BCUT2D eigenvalue weighted by molar-refractivity contribution is 0.175. The summed E-state index contributed by atoms with van der Waals surface area (Å²) >= 11 is 6.06. The first-order chi connectivity index (χ1) is 10.7. The second kappa shape index (κ2) is 6.97. The summed E-state index contributed by atoms with van der Waals surface area (Å²) in [6.07, 6.45) is 2.44. The normalized spacial score (nSPS) is 12.6. The summed E-state index contributed by atoms with van der Waals surface area (Å²) in [5.74, 6) is 0. The Hall–Kier alpha value is -1.81. The number of aliphatic hydroxyl groups is 1. The van der Waals surface area contributed by atoms with E-state index < -0.39 is 6.10 Å². The molecule has 3 N–H and O–H groups in total. The zero-order valence-electron chi connectivity index (χ0n) is 12.2. The lowest BCUT2D eigenvalue weighted by atomic mass is 10.1. The molecule has 4 heteroatoms. The summed E-state index contributed by atoms with van der Waals surface area (Å²) in [6.45, 7) is 1.36. The summed E-state index contributed by atoms with van der Waals surface area (Å²) in [5.41, 5.74) is 3.27. The van der Waals surface area contributed by atoms with E-state index in [1.165, 1.54) is 5.56 Å². The Balaban J connectivity index is 1.53. The largest absolute Gasteiger partial charge is 0.387 e. The number of hydrogen-bond acceptors (Lipinski definition) is 2. The van der Waals surface area contributed by atoms with Gasteiger partial charge in [0, 0.05) is 28.7 Å². The smallest absolute Gasteiger partial charge is 0.0914 e. The van der Waals surface area contributed by atoms with Crippen LogP contribution in [0.15, 0.2) is 54.7 Å². The summed E-state index contributed by atoms with van der Waals surface area (Å²) in [6, 6.07) is 15.6. The van der Waals surface area contributed by atoms with Crippen LogP contribution in [0.4, 0.5) is 0 Å². The molecule has 0 amide bonds. The van der Waals surface area contributed by atoms with Crippen molar-refractivity contribution in [1.29, 1.82) is 0 Å². The zero-order chi connectivity index (χ0) is 15.4. The molecule has 0 radical (unpaired) electrons. The maximum Gasteiger partial charge on any atom is 0.0914 e. The molecule has 1 aromatic heterocycles. The second-order valence-corrected chi connectivity index (χ2v) is 5.82. The first-order valence-corrected chi connectivity index (χ1v) is 7.81. The molecule has 1 unspecified atom stereocenters. The third-order valence-electron chi connectivity index (χ3n) is 3.82. The molecular formula is C18H19ClN2O. The van der Waals surface area contributed by atoms with E-state index in [0.29, 0.717) is 6.54 Å². The topological polar surface area (TPSA) is 48.0 Å². The number of rotatable bonds is 6. The van der Waals surface area contributed by atoms with E-state index >= 15 is 0 Å². The average Bonchev–Trinajstić information content (AvgIpc) is 2.94. The van der Waals surface area contributed by atoms with Crippen molar-refractivity contribution in [3.8, 4) is 0 Å². The van der Waals surface area contributed by atoms with E-state index in [9.17, 15) is 5.11 Å². The maximum absolute atomic E-state index is 10.1. The number of aliphatic hydroxyl groups excluding tert-OH is 1. The lowest BCUT2D eigenvalue weighted by Gasteiger charge is -2.12. The Bertz CT molecular complexity index is 739. The van der Waals surface area contributed by atoms with E-state index in [-0.39, 0.29) is 0 Å². The Morgan fingerprint density at radius 2 is 1.95 bits per heavy atom. The molecule has 22 heavy (non-hydrogen) atoms. The minimum absolute atomic E-state index is 0.474. The number of nitrogens with one attached hydrogen (secondary N) is 2. The van der Waals surface area contributed by atoms with Crippen LogP contribution >= 0.6 is 11.6 Å². The first kappa shape index (κ1) is 15.1. The third kappa shape index (κ3) is 3.50. The fraction of sp³-hybridized carbons (Fsp3) is 0.222. The highest BCUT2D eigenvalue weighted by Gasteiger charge is 2.07. The van der Waals surface area contributed by atoms with Crippen molar-refractivity contribution in [3.63, 3.8) is 0 Å². The third-order valence-corrected chi connectivity index (χ3v) is 4.06. The van der Waals surface area contributed by atoms with Crippen LogP contribution < -0.4 is 5.32 Å². The van der Waals surface area contributed by atoms with E-state index in [1.54, 1.807) is 0 Å². The molecule has 0 aliphatic carbocycles. The van der Waals surface area contributed by atoms with E-state index in [4.69, 9.17) is 11.6 Å². The van der Waals surface area contributed by atoms with Crippen LogP contribution in [-0.4, -0.2) is 23.2 Å². The van der Waals surface area contributed by atoms with Crippen molar-refractivity contribution < 1.29 is 5.11 Å². The van der Waals surface area contributed by atoms with Gasteiger partial charge in [0.05, 0.1) is 6.10 Å². The van der Waals surface area contributed by atoms with Crippen molar-refractivity contribution in [2.75, 3.05) is 13.1 Å². The zero-order valence-corrected chi connectivity index (χ0v) is 13.0. The molecule has 114 valence electrons. The number of halogens is 1. The Morgan fingerprint density at radius 3 is 2.77 bits per heavy atom. The Labute approximate surface area is 134 Å². The molecule has 0 bridgehead atoms. The molecule has 0 fully saturated rings. The van der Waals surface area contributed by atoms with E-state index in [2.05, 4.69) is 10.3 Å². The van der Waals surface area contributed by atoms with Crippen LogP contribution in [0, 0.1) is 0 Å². The molecule has 1 heterocycles. The van der Waals surface area contributed by atoms with Gasteiger partial charge in [-0.15, -0.1) is 0 Å². The standard InChI is InChI=1S/C18H19ClN2O/c19-15-6-7-17-16(10-15)14(11-21-17)8-9-20-12-18(22)13-4-2-1-3-5-13/h1-7,10-11,18,20-22H,8-9,12H2. The van der Waals surface area contributed by atoms with Gasteiger partial charge in [-0.1, -0.05) is 41.9 Å². The van der Waals surface area contributed by atoms with Gasteiger partial charge in [-0.25, -0.2) is 0 Å². The number of fused-ring (bicyclic) bond motifs is 1. The Morgan fingerprint density at radius 1 is 1.14 bits per heavy atom. The molecule has 0 spiro atoms. The van der Waals surface area contributed by atoms with Crippen molar-refractivity contribution in [2.24, 2.45) is 0 Å². The summed E-state index contributed by atoms with van der Waals surface area (Å²) < 4.78 is 0. The molecule has 0 aliphatic heterocycles. The molecule has 0 aliphatic rings. The van der Waals surface area contributed by atoms with Crippen LogP contribution in [0.5, 0.6) is 0 Å². The van der Waals surface area contributed by atoms with Crippen molar-refractivity contribution >= 4 is 22.5 Å². The fourth-order valence-electron chi connectivity index (χ4n) is 2.61. The molecule has 3 aromatic rings. The quantitative estimate of drug-likeness (QED) is 0.608. The number of hydrogen-bond donors (Lipinski definition) is 3. The fourth-order valence-corrected chi connectivity index (χ4v) is 2.78. The minimum atomic E-state index is -0.474. The number of aromatic amines is 1. The van der Waals surface area contributed by atoms with Gasteiger partial charge in [0.25, 0.3) is 0 Å². The molecule has 3 nitrogen and oxygen atoms in total. The van der Waals surface area contributed by atoms with Gasteiger partial charge in [-0.05, 0) is 42.3 Å². The van der Waals surface area contributed by atoms with Crippen LogP contribution in [0.1, 0.15) is 17.2 Å². The Kier molecular flexibility index (Phi) is 4.78. The summed E-state index contributed by atoms with van der Waals surface area (Å²) in [4.78, 5) is 3.26. The number of benzene rings is 2. The maximum atomic E-state index is 10.1. The first-order valence-electron chi connectivity index (χ1n) is 7.43. The van der Waals surface area contributed by atoms with Gasteiger partial charge in [0.2, 0.25) is 0 Å². The number of H-pyrrole nitrogens is 1. The van der Waals surface area contributed by atoms with Gasteiger partial charge in [-0.2, -0.15) is 0 Å². The van der Waals surface area contributed by atoms with Crippen molar-refractivity contribution in [1.82, 2.24) is 10.3 Å². The predicted octanol–water partition coefficient (Wildman–Crippen LogP) is 3.69.